The first-order valence-corrected chi connectivity index (χ1v) is 8.55. The van der Waals surface area contributed by atoms with Crippen molar-refractivity contribution in [1.29, 1.82) is 0 Å². The zero-order chi connectivity index (χ0) is 18.7. The van der Waals surface area contributed by atoms with Crippen LogP contribution in [0.15, 0.2) is 24.3 Å². The molecule has 1 saturated carbocycles. The van der Waals surface area contributed by atoms with E-state index < -0.39 is 11.9 Å². The Morgan fingerprint density at radius 1 is 1.27 bits per heavy atom. The number of aliphatic carboxylic acids is 1. The van der Waals surface area contributed by atoms with Crippen LogP contribution in [0.5, 0.6) is 17.4 Å². The third-order valence-corrected chi connectivity index (χ3v) is 4.11. The van der Waals surface area contributed by atoms with Crippen LogP contribution in [-0.2, 0) is 9.59 Å². The summed E-state index contributed by atoms with van der Waals surface area (Å²) in [6.07, 6.45) is 1.60. The molecule has 1 N–H and O–H groups in total. The van der Waals surface area contributed by atoms with Gasteiger partial charge in [0.2, 0.25) is 0 Å². The van der Waals surface area contributed by atoms with Crippen LogP contribution >= 0.6 is 11.6 Å². The second-order valence-corrected chi connectivity index (χ2v) is 6.46. The standard InChI is InChI=1S/C18H17ClN2O5/c1-10-3-2-4-12(11-5-6-11)17(10)26-18-13(9-14(19)20-21-18)25-16(24)8-7-15(22)23/h2-4,9,11H,5-8H2,1H3,(H,22,23). The van der Waals surface area contributed by atoms with E-state index in [1.54, 1.807) is 0 Å². The van der Waals surface area contributed by atoms with Gasteiger partial charge in [-0.15, -0.1) is 10.2 Å². The molecule has 3 rings (SSSR count). The molecule has 1 aliphatic rings. The third-order valence-electron chi connectivity index (χ3n) is 3.92. The summed E-state index contributed by atoms with van der Waals surface area (Å²) >= 11 is 5.84. The quantitative estimate of drug-likeness (QED) is 0.732. The highest BCUT2D eigenvalue weighted by atomic mass is 35.5. The molecule has 0 saturated heterocycles. The Morgan fingerprint density at radius 3 is 2.73 bits per heavy atom. The number of aryl methyl sites for hydroxylation is 1. The van der Waals surface area contributed by atoms with Gasteiger partial charge in [-0.25, -0.2) is 0 Å². The SMILES string of the molecule is Cc1cccc(C2CC2)c1Oc1nnc(Cl)cc1OC(=O)CCC(=O)O. The molecule has 0 atom stereocenters. The lowest BCUT2D eigenvalue weighted by Crippen LogP contribution is -2.11. The fraction of sp³-hybridized carbons (Fsp3) is 0.333. The summed E-state index contributed by atoms with van der Waals surface area (Å²) in [4.78, 5) is 22.4. The summed E-state index contributed by atoms with van der Waals surface area (Å²) in [6.45, 7) is 1.92. The molecule has 0 unspecified atom stereocenters. The van der Waals surface area contributed by atoms with Crippen LogP contribution in [0.3, 0.4) is 0 Å². The molecule has 1 heterocycles. The van der Waals surface area contributed by atoms with Gasteiger partial charge in [0.1, 0.15) is 5.75 Å². The highest BCUT2D eigenvalue weighted by Gasteiger charge is 2.28. The Kier molecular flexibility index (Phi) is 5.37. The minimum Gasteiger partial charge on any atom is -0.481 e. The molecule has 0 spiro atoms. The molecule has 1 aliphatic carbocycles. The zero-order valence-corrected chi connectivity index (χ0v) is 14.8. The number of carbonyl (C=O) groups is 2. The van der Waals surface area contributed by atoms with E-state index in [1.807, 2.05) is 25.1 Å². The average molecular weight is 377 g/mol. The second kappa shape index (κ2) is 7.70. The molecule has 0 aliphatic heterocycles. The van der Waals surface area contributed by atoms with Gasteiger partial charge in [-0.2, -0.15) is 0 Å². The van der Waals surface area contributed by atoms with Gasteiger partial charge in [0, 0.05) is 6.07 Å². The highest BCUT2D eigenvalue weighted by Crippen LogP contribution is 2.46. The van der Waals surface area contributed by atoms with Gasteiger partial charge in [-0.1, -0.05) is 29.8 Å². The largest absolute Gasteiger partial charge is 0.481 e. The minimum absolute atomic E-state index is 0.00499. The molecule has 0 radical (unpaired) electrons. The van der Waals surface area contributed by atoms with Crippen LogP contribution in [-0.4, -0.2) is 27.2 Å². The predicted molar refractivity (Wildman–Crippen MR) is 92.8 cm³/mol. The Balaban J connectivity index is 1.85. The van der Waals surface area contributed by atoms with E-state index in [0.29, 0.717) is 11.7 Å². The number of carboxylic acids is 1. The first-order chi connectivity index (χ1) is 12.4. The number of hydrogen-bond donors (Lipinski definition) is 1. The number of halogens is 1. The molecule has 1 fully saturated rings. The summed E-state index contributed by atoms with van der Waals surface area (Å²) in [5.74, 6) is -0.673. The van der Waals surface area contributed by atoms with E-state index in [-0.39, 0.29) is 29.6 Å². The molecule has 8 heteroatoms. The van der Waals surface area contributed by atoms with E-state index >= 15 is 0 Å². The molecule has 1 aromatic carbocycles. The molecule has 0 bridgehead atoms. The normalized spacial score (nSPS) is 13.3. The lowest BCUT2D eigenvalue weighted by molar-refractivity contribution is -0.142. The van der Waals surface area contributed by atoms with Crippen LogP contribution < -0.4 is 9.47 Å². The number of nitrogens with zero attached hydrogens (tertiary/aromatic N) is 2. The first kappa shape index (κ1) is 18.1. The van der Waals surface area contributed by atoms with E-state index in [0.717, 1.165) is 24.0 Å². The molecule has 0 amide bonds. The Hall–Kier alpha value is -2.67. The maximum atomic E-state index is 11.9. The lowest BCUT2D eigenvalue weighted by Gasteiger charge is -2.14. The Morgan fingerprint density at radius 2 is 2.04 bits per heavy atom. The van der Waals surface area contributed by atoms with Crippen molar-refractivity contribution < 1.29 is 24.2 Å². The third kappa shape index (κ3) is 4.49. The summed E-state index contributed by atoms with van der Waals surface area (Å²) < 4.78 is 11.1. The van der Waals surface area contributed by atoms with Crippen molar-refractivity contribution in [1.82, 2.24) is 10.2 Å². The Bertz CT molecular complexity index is 851. The number of para-hydroxylation sites is 1. The second-order valence-electron chi connectivity index (χ2n) is 6.07. The van der Waals surface area contributed by atoms with Crippen LogP contribution in [0.25, 0.3) is 0 Å². The number of carboxylic acid groups (broad SMARTS) is 1. The average Bonchev–Trinajstić information content (AvgIpc) is 3.42. The van der Waals surface area contributed by atoms with Gasteiger partial charge >= 0.3 is 11.9 Å². The van der Waals surface area contributed by atoms with Crippen molar-refractivity contribution in [2.24, 2.45) is 0 Å². The van der Waals surface area contributed by atoms with Crippen molar-refractivity contribution in [3.05, 3.63) is 40.5 Å². The maximum absolute atomic E-state index is 11.9. The van der Waals surface area contributed by atoms with Gasteiger partial charge in [0.25, 0.3) is 5.88 Å². The minimum atomic E-state index is -1.08. The van der Waals surface area contributed by atoms with Gasteiger partial charge < -0.3 is 14.6 Å². The van der Waals surface area contributed by atoms with E-state index in [2.05, 4.69) is 10.2 Å². The molecule has 136 valence electrons. The van der Waals surface area contributed by atoms with Gasteiger partial charge in [-0.3, -0.25) is 9.59 Å². The monoisotopic (exact) mass is 376 g/mol. The smallest absolute Gasteiger partial charge is 0.311 e. The number of aromatic nitrogens is 2. The molecule has 7 nitrogen and oxygen atoms in total. The Labute approximate surface area is 154 Å². The van der Waals surface area contributed by atoms with Crippen LogP contribution in [0.1, 0.15) is 42.7 Å². The van der Waals surface area contributed by atoms with Crippen molar-refractivity contribution in [2.45, 2.75) is 38.5 Å². The topological polar surface area (TPSA) is 98.6 Å². The fourth-order valence-electron chi connectivity index (χ4n) is 2.49. The van der Waals surface area contributed by atoms with Crippen molar-refractivity contribution in [3.8, 4) is 17.4 Å². The van der Waals surface area contributed by atoms with Gasteiger partial charge in [-0.05, 0) is 36.8 Å². The van der Waals surface area contributed by atoms with Crippen molar-refractivity contribution in [3.63, 3.8) is 0 Å². The number of ether oxygens (including phenoxy) is 2. The van der Waals surface area contributed by atoms with Crippen molar-refractivity contribution in [2.75, 3.05) is 0 Å². The summed E-state index contributed by atoms with van der Waals surface area (Å²) in [5.41, 5.74) is 2.00. The molecular weight excluding hydrogens is 360 g/mol. The van der Waals surface area contributed by atoms with E-state index in [9.17, 15) is 9.59 Å². The zero-order valence-electron chi connectivity index (χ0n) is 14.1. The number of benzene rings is 1. The first-order valence-electron chi connectivity index (χ1n) is 8.17. The van der Waals surface area contributed by atoms with Crippen LogP contribution in [0.4, 0.5) is 0 Å². The van der Waals surface area contributed by atoms with E-state index in [1.165, 1.54) is 6.07 Å². The summed E-state index contributed by atoms with van der Waals surface area (Å²) in [5, 5.41) is 16.3. The number of rotatable bonds is 7. The van der Waals surface area contributed by atoms with Crippen LogP contribution in [0, 0.1) is 6.92 Å². The van der Waals surface area contributed by atoms with E-state index in [4.69, 9.17) is 26.2 Å². The number of hydrogen-bond acceptors (Lipinski definition) is 6. The summed E-state index contributed by atoms with van der Waals surface area (Å²) in [7, 11) is 0. The lowest BCUT2D eigenvalue weighted by atomic mass is 10.1. The van der Waals surface area contributed by atoms with Crippen LogP contribution in [0.2, 0.25) is 5.15 Å². The fourth-order valence-corrected chi connectivity index (χ4v) is 2.63. The number of esters is 1. The van der Waals surface area contributed by atoms with Crippen molar-refractivity contribution >= 4 is 23.5 Å². The molecule has 2 aromatic rings. The molecule has 1 aromatic heterocycles. The number of carbonyl (C=O) groups excluding carboxylic acids is 1. The predicted octanol–water partition coefficient (Wildman–Crippen LogP) is 3.88. The maximum Gasteiger partial charge on any atom is 0.311 e. The molecular formula is C18H17ClN2O5. The van der Waals surface area contributed by atoms with Gasteiger partial charge in [0.05, 0.1) is 12.8 Å². The van der Waals surface area contributed by atoms with Gasteiger partial charge in [0.15, 0.2) is 10.9 Å². The summed E-state index contributed by atoms with van der Waals surface area (Å²) in [6, 6.07) is 7.21. The highest BCUT2D eigenvalue weighted by molar-refractivity contribution is 6.29. The molecule has 26 heavy (non-hydrogen) atoms.